The lowest BCUT2D eigenvalue weighted by molar-refractivity contribution is 0.0727. The van der Waals surface area contributed by atoms with Crippen molar-refractivity contribution < 1.29 is 4.79 Å². The highest BCUT2D eigenvalue weighted by atomic mass is 16.2. The fraction of sp³-hybridized carbons (Fsp3) is 0.500. The van der Waals surface area contributed by atoms with Crippen LogP contribution in [0.2, 0.25) is 0 Å². The van der Waals surface area contributed by atoms with Gasteiger partial charge in [0.15, 0.2) is 5.82 Å². The second kappa shape index (κ2) is 7.21. The number of benzene rings is 1. The van der Waals surface area contributed by atoms with Crippen LogP contribution in [0.15, 0.2) is 18.2 Å². The first-order valence-corrected chi connectivity index (χ1v) is 10.6. The smallest absolute Gasteiger partial charge is 0.254 e. The molecule has 1 fully saturated rings. The molecule has 0 N–H and O–H groups in total. The first-order valence-electron chi connectivity index (χ1n) is 10.6. The van der Waals surface area contributed by atoms with Gasteiger partial charge in [-0.1, -0.05) is 6.42 Å². The van der Waals surface area contributed by atoms with Crippen molar-refractivity contribution in [1.29, 1.82) is 0 Å². The molecule has 150 valence electrons. The predicted molar refractivity (Wildman–Crippen MR) is 110 cm³/mol. The molecule has 0 spiro atoms. The Morgan fingerprint density at radius 2 is 1.79 bits per heavy atom. The van der Waals surface area contributed by atoms with Crippen LogP contribution in [0.25, 0.3) is 11.0 Å². The summed E-state index contributed by atoms with van der Waals surface area (Å²) in [5.41, 5.74) is 4.07. The maximum absolute atomic E-state index is 13.4. The molecule has 2 aliphatic heterocycles. The number of amides is 1. The fourth-order valence-electron chi connectivity index (χ4n) is 4.56. The third-order valence-electron chi connectivity index (χ3n) is 6.27. The summed E-state index contributed by atoms with van der Waals surface area (Å²) < 4.78 is 2.27. The van der Waals surface area contributed by atoms with Gasteiger partial charge in [0.2, 0.25) is 0 Å². The normalized spacial score (nSPS) is 19.4. The van der Waals surface area contributed by atoms with Gasteiger partial charge >= 0.3 is 0 Å². The lowest BCUT2D eigenvalue weighted by Crippen LogP contribution is -2.32. The number of likely N-dealkylation sites (tertiary alicyclic amines) is 1. The summed E-state index contributed by atoms with van der Waals surface area (Å²) in [6.07, 6.45) is 6.46. The van der Waals surface area contributed by atoms with Gasteiger partial charge in [0.05, 0.1) is 28.5 Å². The molecule has 2 aliphatic rings. The van der Waals surface area contributed by atoms with E-state index < -0.39 is 0 Å². The van der Waals surface area contributed by atoms with Crippen LogP contribution in [0.5, 0.6) is 0 Å². The average Bonchev–Trinajstić information content (AvgIpc) is 3.28. The van der Waals surface area contributed by atoms with Crippen LogP contribution in [0.1, 0.15) is 71.5 Å². The highest BCUT2D eigenvalue weighted by Crippen LogP contribution is 2.33. The zero-order valence-electron chi connectivity index (χ0n) is 17.1. The number of aryl methyl sites for hydroxylation is 3. The molecule has 5 rings (SSSR count). The average molecular weight is 390 g/mol. The number of carbonyl (C=O) groups is 1. The van der Waals surface area contributed by atoms with E-state index in [4.69, 9.17) is 0 Å². The summed E-state index contributed by atoms with van der Waals surface area (Å²) in [7, 11) is 0. The van der Waals surface area contributed by atoms with Gasteiger partial charge in [0, 0.05) is 25.1 Å². The number of hydrogen-bond donors (Lipinski definition) is 0. The first kappa shape index (κ1) is 18.2. The molecule has 3 aromatic rings. The third-order valence-corrected chi connectivity index (χ3v) is 6.27. The van der Waals surface area contributed by atoms with Gasteiger partial charge in [-0.25, -0.2) is 9.97 Å². The SMILES string of the molecule is Cc1nc2ccc(C(=O)N3CCC[C@H]3c3nnc4n3CCCCC4)cc2nc1C. The molecule has 29 heavy (non-hydrogen) atoms. The lowest BCUT2D eigenvalue weighted by atomic mass is 10.1. The number of nitrogens with zero attached hydrogens (tertiary/aromatic N) is 6. The fourth-order valence-corrected chi connectivity index (χ4v) is 4.56. The minimum atomic E-state index is 0.00313. The second-order valence-electron chi connectivity index (χ2n) is 8.19. The Kier molecular flexibility index (Phi) is 4.53. The summed E-state index contributed by atoms with van der Waals surface area (Å²) in [6.45, 7) is 5.61. The number of aromatic nitrogens is 5. The molecule has 0 aliphatic carbocycles. The maximum atomic E-state index is 13.4. The van der Waals surface area contributed by atoms with Crippen molar-refractivity contribution in [3.63, 3.8) is 0 Å². The van der Waals surface area contributed by atoms with E-state index >= 15 is 0 Å². The van der Waals surface area contributed by atoms with E-state index in [0.717, 1.165) is 72.8 Å². The van der Waals surface area contributed by atoms with Crippen LogP contribution in [-0.2, 0) is 13.0 Å². The maximum Gasteiger partial charge on any atom is 0.254 e. The summed E-state index contributed by atoms with van der Waals surface area (Å²) in [5, 5.41) is 8.96. The third kappa shape index (κ3) is 3.18. The lowest BCUT2D eigenvalue weighted by Gasteiger charge is -2.25. The van der Waals surface area contributed by atoms with E-state index in [9.17, 15) is 4.79 Å². The zero-order valence-corrected chi connectivity index (χ0v) is 17.1. The molecule has 0 saturated carbocycles. The van der Waals surface area contributed by atoms with E-state index in [1.54, 1.807) is 0 Å². The largest absolute Gasteiger partial charge is 0.328 e. The number of hydrogen-bond acceptors (Lipinski definition) is 5. The molecular formula is C22H26N6O. The molecule has 1 aromatic carbocycles. The van der Waals surface area contributed by atoms with Gasteiger partial charge in [-0.2, -0.15) is 0 Å². The Bertz CT molecular complexity index is 1090. The standard InChI is InChI=1S/C22H26N6O/c1-14-15(2)24-18-13-16(9-10-17(18)23-14)22(29)27-12-6-7-19(27)21-26-25-20-8-4-3-5-11-28(20)21/h9-10,13,19H,3-8,11-12H2,1-2H3/t19-/m0/s1. The highest BCUT2D eigenvalue weighted by molar-refractivity contribution is 5.97. The Hall–Kier alpha value is -2.83. The summed E-state index contributed by atoms with van der Waals surface area (Å²) in [4.78, 5) is 24.6. The molecule has 1 amide bonds. The minimum Gasteiger partial charge on any atom is -0.328 e. The number of fused-ring (bicyclic) bond motifs is 2. The van der Waals surface area contributed by atoms with E-state index in [1.165, 1.54) is 12.8 Å². The van der Waals surface area contributed by atoms with Crippen LogP contribution < -0.4 is 0 Å². The molecule has 2 aromatic heterocycles. The molecule has 0 unspecified atom stereocenters. The van der Waals surface area contributed by atoms with E-state index in [2.05, 4.69) is 24.7 Å². The quantitative estimate of drug-likeness (QED) is 0.669. The van der Waals surface area contributed by atoms with Crippen LogP contribution in [0.4, 0.5) is 0 Å². The first-order chi connectivity index (χ1) is 14.1. The van der Waals surface area contributed by atoms with Crippen molar-refractivity contribution in [2.24, 2.45) is 0 Å². The zero-order chi connectivity index (χ0) is 20.0. The van der Waals surface area contributed by atoms with Crippen molar-refractivity contribution in [2.75, 3.05) is 6.54 Å². The van der Waals surface area contributed by atoms with Crippen molar-refractivity contribution in [3.8, 4) is 0 Å². The Morgan fingerprint density at radius 3 is 2.66 bits per heavy atom. The van der Waals surface area contributed by atoms with Crippen molar-refractivity contribution in [1.82, 2.24) is 29.6 Å². The van der Waals surface area contributed by atoms with Gasteiger partial charge in [-0.3, -0.25) is 4.79 Å². The van der Waals surface area contributed by atoms with Gasteiger partial charge in [-0.05, 0) is 57.7 Å². The number of carbonyl (C=O) groups excluding carboxylic acids is 1. The second-order valence-corrected chi connectivity index (χ2v) is 8.19. The van der Waals surface area contributed by atoms with Crippen molar-refractivity contribution in [3.05, 3.63) is 46.8 Å². The topological polar surface area (TPSA) is 76.8 Å². The van der Waals surface area contributed by atoms with E-state index in [1.807, 2.05) is 36.9 Å². The summed E-state index contributed by atoms with van der Waals surface area (Å²) in [6, 6.07) is 5.64. The molecule has 0 radical (unpaired) electrons. The van der Waals surface area contributed by atoms with Gasteiger partial charge in [0.1, 0.15) is 5.82 Å². The minimum absolute atomic E-state index is 0.00313. The highest BCUT2D eigenvalue weighted by Gasteiger charge is 2.35. The molecule has 7 nitrogen and oxygen atoms in total. The van der Waals surface area contributed by atoms with Gasteiger partial charge in [0.25, 0.3) is 5.91 Å². The predicted octanol–water partition coefficient (Wildman–Crippen LogP) is 3.54. The molecule has 1 saturated heterocycles. The molecule has 1 atom stereocenters. The molecule has 7 heteroatoms. The molecule has 4 heterocycles. The summed E-state index contributed by atoms with van der Waals surface area (Å²) >= 11 is 0. The Balaban J connectivity index is 1.47. The van der Waals surface area contributed by atoms with Crippen molar-refractivity contribution >= 4 is 16.9 Å². The van der Waals surface area contributed by atoms with Gasteiger partial charge in [-0.15, -0.1) is 10.2 Å². The number of rotatable bonds is 2. The summed E-state index contributed by atoms with van der Waals surface area (Å²) in [5.74, 6) is 2.07. The van der Waals surface area contributed by atoms with Crippen LogP contribution >= 0.6 is 0 Å². The van der Waals surface area contributed by atoms with Crippen molar-refractivity contribution in [2.45, 2.75) is 65.0 Å². The Labute approximate surface area is 170 Å². The van der Waals surface area contributed by atoms with Crippen LogP contribution in [0, 0.1) is 13.8 Å². The van der Waals surface area contributed by atoms with Gasteiger partial charge < -0.3 is 9.47 Å². The van der Waals surface area contributed by atoms with E-state index in [-0.39, 0.29) is 11.9 Å². The molecule has 0 bridgehead atoms. The van der Waals surface area contributed by atoms with Crippen LogP contribution in [-0.4, -0.2) is 42.1 Å². The molecular weight excluding hydrogens is 364 g/mol. The monoisotopic (exact) mass is 390 g/mol. The van der Waals surface area contributed by atoms with E-state index in [0.29, 0.717) is 5.56 Å². The van der Waals surface area contributed by atoms with Crippen LogP contribution in [0.3, 0.4) is 0 Å². The Morgan fingerprint density at radius 1 is 0.966 bits per heavy atom.